The molecular formula is C28H28O4. The smallest absolute Gasteiger partial charge is 0.130 e. The van der Waals surface area contributed by atoms with Crippen LogP contribution < -0.4 is 4.74 Å². The summed E-state index contributed by atoms with van der Waals surface area (Å²) in [5.74, 6) is 2.12. The molecule has 0 bridgehead atoms. The highest BCUT2D eigenvalue weighted by atomic mass is 16.5. The molecule has 2 aromatic carbocycles. The summed E-state index contributed by atoms with van der Waals surface area (Å²) in [6.07, 6.45) is 5.77. The van der Waals surface area contributed by atoms with Gasteiger partial charge in [0.2, 0.25) is 0 Å². The lowest BCUT2D eigenvalue weighted by molar-refractivity contribution is 0.117. The number of aliphatic hydroxyl groups is 1. The third-order valence-electron chi connectivity index (χ3n) is 5.49. The largest absolute Gasteiger partial charge is 0.489 e. The van der Waals surface area contributed by atoms with Gasteiger partial charge in [-0.25, -0.2) is 0 Å². The van der Waals surface area contributed by atoms with Crippen LogP contribution >= 0.6 is 0 Å². The number of benzene rings is 2. The van der Waals surface area contributed by atoms with Crippen LogP contribution in [0.25, 0.3) is 11.6 Å². The molecule has 4 nitrogen and oxygen atoms in total. The summed E-state index contributed by atoms with van der Waals surface area (Å²) in [5, 5.41) is 9.29. The van der Waals surface area contributed by atoms with E-state index in [2.05, 4.69) is 24.8 Å². The monoisotopic (exact) mass is 428 g/mol. The lowest BCUT2D eigenvalue weighted by Crippen LogP contribution is -2.14. The van der Waals surface area contributed by atoms with E-state index in [9.17, 15) is 5.11 Å². The summed E-state index contributed by atoms with van der Waals surface area (Å²) in [5.41, 5.74) is 4.36. The molecule has 4 heteroatoms. The van der Waals surface area contributed by atoms with E-state index in [1.807, 2.05) is 60.7 Å². The molecule has 0 saturated carbocycles. The molecule has 1 aliphatic heterocycles. The van der Waals surface area contributed by atoms with E-state index >= 15 is 0 Å². The van der Waals surface area contributed by atoms with E-state index in [1.165, 1.54) is 0 Å². The summed E-state index contributed by atoms with van der Waals surface area (Å²) in [4.78, 5) is 0. The first-order valence-electron chi connectivity index (χ1n) is 10.9. The summed E-state index contributed by atoms with van der Waals surface area (Å²) in [7, 11) is 0. The van der Waals surface area contributed by atoms with Crippen LogP contribution in [0.2, 0.25) is 0 Å². The van der Waals surface area contributed by atoms with Crippen molar-refractivity contribution in [3.05, 3.63) is 114 Å². The fourth-order valence-electron chi connectivity index (χ4n) is 3.82. The Hall–Kier alpha value is -3.34. The van der Waals surface area contributed by atoms with Crippen molar-refractivity contribution in [3.8, 4) is 5.75 Å². The second-order valence-corrected chi connectivity index (χ2v) is 7.72. The van der Waals surface area contributed by atoms with E-state index in [-0.39, 0.29) is 12.7 Å². The maximum Gasteiger partial charge on any atom is 0.130 e. The molecule has 1 aromatic heterocycles. The summed E-state index contributed by atoms with van der Waals surface area (Å²) in [6, 6.07) is 23.7. The van der Waals surface area contributed by atoms with Crippen molar-refractivity contribution in [1.82, 2.24) is 0 Å². The first-order valence-corrected chi connectivity index (χ1v) is 10.9. The van der Waals surface area contributed by atoms with Gasteiger partial charge in [0.15, 0.2) is 0 Å². The molecule has 0 saturated heterocycles. The quantitative estimate of drug-likeness (QED) is 0.427. The van der Waals surface area contributed by atoms with Crippen LogP contribution in [-0.4, -0.2) is 24.4 Å². The number of rotatable bonds is 10. The topological polar surface area (TPSA) is 51.8 Å². The minimum absolute atomic E-state index is 0.0152. The van der Waals surface area contributed by atoms with Crippen LogP contribution in [0.3, 0.4) is 0 Å². The second-order valence-electron chi connectivity index (χ2n) is 7.72. The van der Waals surface area contributed by atoms with Crippen molar-refractivity contribution in [2.75, 3.05) is 13.2 Å². The van der Waals surface area contributed by atoms with Crippen LogP contribution in [0.15, 0.2) is 101 Å². The Morgan fingerprint density at radius 3 is 2.50 bits per heavy atom. The number of ether oxygens (including phenoxy) is 2. The molecule has 1 unspecified atom stereocenters. The third kappa shape index (κ3) is 5.67. The standard InChI is InChI=1S/C28H28O4/c1-21(20-31-24-10-6-3-7-11-24)27-16-17-30-28(27)15-12-23(22-8-4-2-5-9-22)18-25-13-14-26(19-29)32-25/h2-11,13-14,16,18,28-29H,1,12,15,17,19-20H2/b23-18-. The van der Waals surface area contributed by atoms with Crippen molar-refractivity contribution in [2.24, 2.45) is 0 Å². The van der Waals surface area contributed by atoms with Gasteiger partial charge >= 0.3 is 0 Å². The molecule has 3 aromatic rings. The van der Waals surface area contributed by atoms with Gasteiger partial charge in [0.05, 0.1) is 12.7 Å². The molecule has 0 fully saturated rings. The highest BCUT2D eigenvalue weighted by molar-refractivity contribution is 5.80. The van der Waals surface area contributed by atoms with Gasteiger partial charge in [0.1, 0.15) is 30.5 Å². The zero-order valence-electron chi connectivity index (χ0n) is 18.1. The number of furan rings is 1. The molecule has 0 radical (unpaired) electrons. The van der Waals surface area contributed by atoms with E-state index < -0.39 is 0 Å². The van der Waals surface area contributed by atoms with Crippen LogP contribution in [-0.2, 0) is 11.3 Å². The van der Waals surface area contributed by atoms with Crippen LogP contribution in [0.1, 0.15) is 29.9 Å². The Morgan fingerprint density at radius 1 is 1.03 bits per heavy atom. The Morgan fingerprint density at radius 2 is 1.78 bits per heavy atom. The van der Waals surface area contributed by atoms with Crippen molar-refractivity contribution >= 4 is 11.6 Å². The second kappa shape index (κ2) is 10.8. The fraction of sp³-hybridized carbons (Fsp3) is 0.214. The van der Waals surface area contributed by atoms with Gasteiger partial charge in [-0.1, -0.05) is 61.2 Å². The highest BCUT2D eigenvalue weighted by Gasteiger charge is 2.23. The van der Waals surface area contributed by atoms with E-state index in [0.29, 0.717) is 19.0 Å². The molecule has 164 valence electrons. The lowest BCUT2D eigenvalue weighted by atomic mass is 9.94. The minimum Gasteiger partial charge on any atom is -0.489 e. The average Bonchev–Trinajstić information content (AvgIpc) is 3.51. The van der Waals surface area contributed by atoms with Gasteiger partial charge in [-0.15, -0.1) is 0 Å². The molecular weight excluding hydrogens is 400 g/mol. The maximum atomic E-state index is 9.29. The normalized spacial score (nSPS) is 16.1. The molecule has 1 N–H and O–H groups in total. The third-order valence-corrected chi connectivity index (χ3v) is 5.49. The molecule has 32 heavy (non-hydrogen) atoms. The van der Waals surface area contributed by atoms with Crippen molar-refractivity contribution in [3.63, 3.8) is 0 Å². The highest BCUT2D eigenvalue weighted by Crippen LogP contribution is 2.30. The fourth-order valence-corrected chi connectivity index (χ4v) is 3.82. The summed E-state index contributed by atoms with van der Waals surface area (Å²) < 4.78 is 17.6. The molecule has 1 aliphatic rings. The zero-order valence-corrected chi connectivity index (χ0v) is 18.1. The zero-order chi connectivity index (χ0) is 22.2. The van der Waals surface area contributed by atoms with Gasteiger partial charge in [0.25, 0.3) is 0 Å². The molecule has 1 atom stereocenters. The van der Waals surface area contributed by atoms with Gasteiger partial charge in [-0.3, -0.25) is 0 Å². The van der Waals surface area contributed by atoms with E-state index in [4.69, 9.17) is 13.9 Å². The van der Waals surface area contributed by atoms with Gasteiger partial charge < -0.3 is 19.0 Å². The van der Waals surface area contributed by atoms with Crippen molar-refractivity contribution in [1.29, 1.82) is 0 Å². The average molecular weight is 429 g/mol. The van der Waals surface area contributed by atoms with Gasteiger partial charge in [-0.2, -0.15) is 0 Å². The molecule has 0 amide bonds. The predicted molar refractivity (Wildman–Crippen MR) is 127 cm³/mol. The Bertz CT molecular complexity index is 1080. The summed E-state index contributed by atoms with van der Waals surface area (Å²) >= 11 is 0. The molecule has 4 rings (SSSR count). The Balaban J connectivity index is 1.43. The van der Waals surface area contributed by atoms with Crippen LogP contribution in [0, 0.1) is 0 Å². The lowest BCUT2D eigenvalue weighted by Gasteiger charge is -2.18. The minimum atomic E-state index is -0.105. The number of allylic oxidation sites excluding steroid dienone is 1. The number of hydrogen-bond acceptors (Lipinski definition) is 4. The van der Waals surface area contributed by atoms with Gasteiger partial charge in [0, 0.05) is 0 Å². The predicted octanol–water partition coefficient (Wildman–Crippen LogP) is 6.05. The molecule has 0 aliphatic carbocycles. The number of hydrogen-bond donors (Lipinski definition) is 1. The Labute approximate surface area is 189 Å². The first kappa shape index (κ1) is 21.9. The number of aliphatic hydroxyl groups excluding tert-OH is 1. The molecule has 0 spiro atoms. The summed E-state index contributed by atoms with van der Waals surface area (Å²) in [6.45, 7) is 5.16. The Kier molecular flexibility index (Phi) is 7.38. The van der Waals surface area contributed by atoms with Crippen molar-refractivity contribution in [2.45, 2.75) is 25.6 Å². The molecule has 2 heterocycles. The van der Waals surface area contributed by atoms with Crippen LogP contribution in [0.5, 0.6) is 5.75 Å². The first-order chi connectivity index (χ1) is 15.7. The number of para-hydroxylation sites is 1. The van der Waals surface area contributed by atoms with Crippen molar-refractivity contribution < 1.29 is 19.0 Å². The van der Waals surface area contributed by atoms with E-state index in [0.717, 1.165) is 46.6 Å². The van der Waals surface area contributed by atoms with E-state index in [1.54, 1.807) is 6.07 Å². The maximum absolute atomic E-state index is 9.29. The van der Waals surface area contributed by atoms with Gasteiger partial charge in [-0.05, 0) is 65.5 Å². The SMILES string of the molecule is C=C(COc1ccccc1)C1=CCOC1CC/C(=C/c1ccc(CO)o1)c1ccccc1. The van der Waals surface area contributed by atoms with Crippen LogP contribution in [0.4, 0.5) is 0 Å².